The van der Waals surface area contributed by atoms with Gasteiger partial charge in [0, 0.05) is 5.25 Å². The van der Waals surface area contributed by atoms with E-state index in [9.17, 15) is 0 Å². The molecule has 0 aromatic carbocycles. The zero-order chi connectivity index (χ0) is 8.97. The van der Waals surface area contributed by atoms with Crippen LogP contribution in [0.1, 0.15) is 46.5 Å². The van der Waals surface area contributed by atoms with Crippen LogP contribution in [-0.4, -0.2) is 5.25 Å². The largest absolute Gasteiger partial charge is 0.127 e. The van der Waals surface area contributed by atoms with E-state index >= 15 is 0 Å². The molecule has 0 aromatic heterocycles. The van der Waals surface area contributed by atoms with Gasteiger partial charge in [-0.3, -0.25) is 0 Å². The van der Waals surface area contributed by atoms with E-state index in [0.29, 0.717) is 0 Å². The van der Waals surface area contributed by atoms with E-state index in [1.165, 1.54) is 25.7 Å². The quantitative estimate of drug-likeness (QED) is 0.630. The van der Waals surface area contributed by atoms with Crippen LogP contribution in [0.3, 0.4) is 0 Å². The van der Waals surface area contributed by atoms with E-state index in [1.54, 1.807) is 4.91 Å². The van der Waals surface area contributed by atoms with Crippen molar-refractivity contribution in [2.45, 2.75) is 51.7 Å². The molecular weight excluding hydrogens is 164 g/mol. The van der Waals surface area contributed by atoms with Crippen molar-refractivity contribution in [3.05, 3.63) is 11.0 Å². The van der Waals surface area contributed by atoms with Crippen molar-refractivity contribution in [2.75, 3.05) is 0 Å². The fraction of sp³-hybridized carbons (Fsp3) is 0.818. The molecule has 0 aromatic rings. The molecule has 0 saturated carbocycles. The SMILES string of the molecule is CCCC1C=C(C)SC1CCC. The highest BCUT2D eigenvalue weighted by molar-refractivity contribution is 8.03. The summed E-state index contributed by atoms with van der Waals surface area (Å²) >= 11 is 2.10. The monoisotopic (exact) mass is 184 g/mol. The van der Waals surface area contributed by atoms with E-state index in [2.05, 4.69) is 38.6 Å². The maximum absolute atomic E-state index is 2.48. The van der Waals surface area contributed by atoms with Crippen molar-refractivity contribution >= 4 is 11.8 Å². The summed E-state index contributed by atoms with van der Waals surface area (Å²) in [6.07, 6.45) is 7.92. The van der Waals surface area contributed by atoms with Gasteiger partial charge in [-0.05, 0) is 30.6 Å². The molecule has 2 unspecified atom stereocenters. The minimum Gasteiger partial charge on any atom is -0.127 e. The Morgan fingerprint density at radius 2 is 1.92 bits per heavy atom. The van der Waals surface area contributed by atoms with E-state index in [4.69, 9.17) is 0 Å². The maximum atomic E-state index is 2.48. The zero-order valence-electron chi connectivity index (χ0n) is 8.47. The highest BCUT2D eigenvalue weighted by atomic mass is 32.2. The molecule has 2 atom stereocenters. The summed E-state index contributed by atoms with van der Waals surface area (Å²) in [7, 11) is 0. The van der Waals surface area contributed by atoms with Crippen LogP contribution in [0.5, 0.6) is 0 Å². The van der Waals surface area contributed by atoms with Crippen molar-refractivity contribution in [1.29, 1.82) is 0 Å². The number of hydrogen-bond acceptors (Lipinski definition) is 1. The molecule has 1 aliphatic heterocycles. The molecule has 1 heteroatoms. The summed E-state index contributed by atoms with van der Waals surface area (Å²) in [5, 5.41) is 0.898. The lowest BCUT2D eigenvalue weighted by Gasteiger charge is -2.16. The van der Waals surface area contributed by atoms with Gasteiger partial charge >= 0.3 is 0 Å². The first-order valence-electron chi connectivity index (χ1n) is 5.13. The van der Waals surface area contributed by atoms with E-state index in [0.717, 1.165) is 11.2 Å². The smallest absolute Gasteiger partial charge is 0.0154 e. The molecule has 0 aliphatic carbocycles. The van der Waals surface area contributed by atoms with Crippen LogP contribution >= 0.6 is 11.8 Å². The highest BCUT2D eigenvalue weighted by Gasteiger charge is 2.24. The van der Waals surface area contributed by atoms with E-state index in [1.807, 2.05) is 0 Å². The Morgan fingerprint density at radius 3 is 2.50 bits per heavy atom. The molecule has 1 heterocycles. The van der Waals surface area contributed by atoms with Gasteiger partial charge in [-0.25, -0.2) is 0 Å². The normalized spacial score (nSPS) is 29.1. The number of thioether (sulfide) groups is 1. The maximum Gasteiger partial charge on any atom is 0.0154 e. The Labute approximate surface area is 80.8 Å². The second-order valence-electron chi connectivity index (χ2n) is 3.67. The van der Waals surface area contributed by atoms with Gasteiger partial charge in [0.15, 0.2) is 0 Å². The summed E-state index contributed by atoms with van der Waals surface area (Å²) in [4.78, 5) is 1.55. The van der Waals surface area contributed by atoms with Crippen LogP contribution < -0.4 is 0 Å². The van der Waals surface area contributed by atoms with Gasteiger partial charge in [0.2, 0.25) is 0 Å². The van der Waals surface area contributed by atoms with Crippen LogP contribution in [0.25, 0.3) is 0 Å². The topological polar surface area (TPSA) is 0 Å². The number of allylic oxidation sites excluding steroid dienone is 2. The third kappa shape index (κ3) is 2.55. The van der Waals surface area contributed by atoms with Gasteiger partial charge in [-0.15, -0.1) is 11.8 Å². The zero-order valence-corrected chi connectivity index (χ0v) is 9.29. The van der Waals surface area contributed by atoms with Gasteiger partial charge in [0.1, 0.15) is 0 Å². The predicted octanol–water partition coefficient (Wildman–Crippen LogP) is 4.22. The predicted molar refractivity (Wildman–Crippen MR) is 58.4 cm³/mol. The lowest BCUT2D eigenvalue weighted by Crippen LogP contribution is -2.10. The molecule has 0 spiro atoms. The average molecular weight is 184 g/mol. The van der Waals surface area contributed by atoms with E-state index in [-0.39, 0.29) is 0 Å². The van der Waals surface area contributed by atoms with Crippen LogP contribution in [0.4, 0.5) is 0 Å². The molecule has 0 amide bonds. The molecule has 12 heavy (non-hydrogen) atoms. The molecule has 0 bridgehead atoms. The Kier molecular flexibility index (Phi) is 4.20. The first-order chi connectivity index (χ1) is 5.77. The Balaban J connectivity index is 2.43. The average Bonchev–Trinajstić information content (AvgIpc) is 2.33. The Bertz CT molecular complexity index is 160. The minimum atomic E-state index is 0.875. The summed E-state index contributed by atoms with van der Waals surface area (Å²) < 4.78 is 0. The molecule has 0 saturated heterocycles. The van der Waals surface area contributed by atoms with Crippen LogP contribution in [0, 0.1) is 5.92 Å². The minimum absolute atomic E-state index is 0.875. The molecule has 0 N–H and O–H groups in total. The molecular formula is C11H20S. The standard InChI is InChI=1S/C11H20S/c1-4-6-10-8-9(3)12-11(10)7-5-2/h8,10-11H,4-7H2,1-3H3. The van der Waals surface area contributed by atoms with Gasteiger partial charge in [-0.2, -0.15) is 0 Å². The van der Waals surface area contributed by atoms with Crippen molar-refractivity contribution in [2.24, 2.45) is 5.92 Å². The summed E-state index contributed by atoms with van der Waals surface area (Å²) in [6, 6.07) is 0. The highest BCUT2D eigenvalue weighted by Crippen LogP contribution is 2.40. The fourth-order valence-corrected chi connectivity index (χ4v) is 3.41. The summed E-state index contributed by atoms with van der Waals surface area (Å²) in [6.45, 7) is 6.83. The molecule has 1 aliphatic rings. The van der Waals surface area contributed by atoms with Crippen LogP contribution in [-0.2, 0) is 0 Å². The van der Waals surface area contributed by atoms with Gasteiger partial charge in [0.25, 0.3) is 0 Å². The van der Waals surface area contributed by atoms with Crippen molar-refractivity contribution in [1.82, 2.24) is 0 Å². The molecule has 1 rings (SSSR count). The van der Waals surface area contributed by atoms with Crippen molar-refractivity contribution in [3.63, 3.8) is 0 Å². The van der Waals surface area contributed by atoms with Gasteiger partial charge in [0.05, 0.1) is 0 Å². The first-order valence-corrected chi connectivity index (χ1v) is 6.01. The number of rotatable bonds is 4. The van der Waals surface area contributed by atoms with E-state index < -0.39 is 0 Å². The lowest BCUT2D eigenvalue weighted by molar-refractivity contribution is 0.533. The first kappa shape index (κ1) is 10.2. The van der Waals surface area contributed by atoms with Crippen LogP contribution in [0.2, 0.25) is 0 Å². The second-order valence-corrected chi connectivity index (χ2v) is 5.16. The summed E-state index contributed by atoms with van der Waals surface area (Å²) in [5.41, 5.74) is 0. The third-order valence-electron chi connectivity index (χ3n) is 2.46. The van der Waals surface area contributed by atoms with Crippen molar-refractivity contribution < 1.29 is 0 Å². The molecule has 0 nitrogen and oxygen atoms in total. The Morgan fingerprint density at radius 1 is 1.25 bits per heavy atom. The molecule has 70 valence electrons. The summed E-state index contributed by atoms with van der Waals surface area (Å²) in [5.74, 6) is 0.875. The number of hydrogen-bond donors (Lipinski definition) is 0. The van der Waals surface area contributed by atoms with Crippen LogP contribution in [0.15, 0.2) is 11.0 Å². The Hall–Kier alpha value is 0.0900. The lowest BCUT2D eigenvalue weighted by atomic mass is 9.96. The third-order valence-corrected chi connectivity index (χ3v) is 3.85. The van der Waals surface area contributed by atoms with Crippen molar-refractivity contribution in [3.8, 4) is 0 Å². The second kappa shape index (κ2) is 4.96. The molecule has 0 fully saturated rings. The fourth-order valence-electron chi connectivity index (χ4n) is 1.93. The molecule has 0 radical (unpaired) electrons. The van der Waals surface area contributed by atoms with Gasteiger partial charge < -0.3 is 0 Å². The van der Waals surface area contributed by atoms with Gasteiger partial charge in [-0.1, -0.05) is 32.8 Å².